The molecule has 0 fully saturated rings. The van der Waals surface area contributed by atoms with Crippen molar-refractivity contribution < 1.29 is 27.2 Å². The molecule has 37 heavy (non-hydrogen) atoms. The van der Waals surface area contributed by atoms with Crippen molar-refractivity contribution in [2.75, 3.05) is 13.7 Å². The minimum absolute atomic E-state index is 0.158. The zero-order chi connectivity index (χ0) is 26.8. The van der Waals surface area contributed by atoms with Crippen molar-refractivity contribution in [3.8, 4) is 5.75 Å². The Morgan fingerprint density at radius 2 is 1.70 bits per heavy atom. The Morgan fingerprint density at radius 1 is 1.03 bits per heavy atom. The summed E-state index contributed by atoms with van der Waals surface area (Å²) in [7, 11) is -1.96. The van der Waals surface area contributed by atoms with Gasteiger partial charge in [-0.2, -0.15) is 0 Å². The molecule has 10 heteroatoms. The van der Waals surface area contributed by atoms with Crippen molar-refractivity contribution in [3.05, 3.63) is 83.8 Å². The third kappa shape index (κ3) is 7.93. The lowest BCUT2D eigenvalue weighted by molar-refractivity contribution is -0.140. The Morgan fingerprint density at radius 3 is 2.30 bits per heavy atom. The average molecular weight is 528 g/mol. The van der Waals surface area contributed by atoms with Gasteiger partial charge >= 0.3 is 0 Å². The molecule has 0 unspecified atom stereocenters. The predicted molar refractivity (Wildman–Crippen MR) is 139 cm³/mol. The van der Waals surface area contributed by atoms with Gasteiger partial charge < -0.3 is 19.4 Å². The maximum atomic E-state index is 13.3. The molecule has 0 saturated heterocycles. The number of furan rings is 1. The van der Waals surface area contributed by atoms with E-state index in [1.807, 2.05) is 24.3 Å². The fraction of sp³-hybridized carbons (Fsp3) is 0.333. The van der Waals surface area contributed by atoms with Crippen molar-refractivity contribution in [1.29, 1.82) is 0 Å². The lowest BCUT2D eigenvalue weighted by Gasteiger charge is -2.29. The summed E-state index contributed by atoms with van der Waals surface area (Å²) in [5, 5.41) is 2.82. The third-order valence-electron chi connectivity index (χ3n) is 5.89. The minimum atomic E-state index is -3.54. The van der Waals surface area contributed by atoms with Gasteiger partial charge in [0.25, 0.3) is 0 Å². The van der Waals surface area contributed by atoms with Crippen LogP contribution in [0.3, 0.4) is 0 Å². The third-order valence-corrected chi connectivity index (χ3v) is 7.45. The number of carbonyl (C=O) groups is 2. The van der Waals surface area contributed by atoms with Gasteiger partial charge in [-0.05, 0) is 60.9 Å². The zero-order valence-corrected chi connectivity index (χ0v) is 22.1. The second-order valence-electron chi connectivity index (χ2n) is 8.49. The van der Waals surface area contributed by atoms with E-state index in [0.29, 0.717) is 24.5 Å². The molecule has 0 spiro atoms. The average Bonchev–Trinajstić information content (AvgIpc) is 3.43. The molecule has 0 aliphatic rings. The van der Waals surface area contributed by atoms with E-state index in [1.54, 1.807) is 50.1 Å². The smallest absolute Gasteiger partial charge is 0.242 e. The van der Waals surface area contributed by atoms with Crippen LogP contribution in [0.25, 0.3) is 0 Å². The second-order valence-corrected chi connectivity index (χ2v) is 10.3. The Hall–Kier alpha value is -3.63. The van der Waals surface area contributed by atoms with E-state index in [-0.39, 0.29) is 36.2 Å². The fourth-order valence-corrected chi connectivity index (χ4v) is 4.79. The SMILES string of the molecule is CCNS(=O)(=O)c1ccc(CCC(=O)N(Cc2ccc(OC)cc2)[C@H](C)C(=O)NCc2ccco2)cc1. The highest BCUT2D eigenvalue weighted by atomic mass is 32.2. The molecule has 1 atom stereocenters. The van der Waals surface area contributed by atoms with Gasteiger partial charge in [-0.15, -0.1) is 0 Å². The molecule has 2 amide bonds. The number of methoxy groups -OCH3 is 1. The van der Waals surface area contributed by atoms with E-state index in [4.69, 9.17) is 9.15 Å². The highest BCUT2D eigenvalue weighted by molar-refractivity contribution is 7.89. The summed E-state index contributed by atoms with van der Waals surface area (Å²) in [5.74, 6) is 0.829. The first-order valence-corrected chi connectivity index (χ1v) is 13.5. The predicted octanol–water partition coefficient (Wildman–Crippen LogP) is 3.25. The first-order valence-electron chi connectivity index (χ1n) is 12.0. The van der Waals surface area contributed by atoms with Crippen molar-refractivity contribution in [3.63, 3.8) is 0 Å². The molecule has 0 saturated carbocycles. The van der Waals surface area contributed by atoms with Crippen LogP contribution in [0.15, 0.2) is 76.2 Å². The van der Waals surface area contributed by atoms with Crippen LogP contribution in [0.5, 0.6) is 5.75 Å². The van der Waals surface area contributed by atoms with E-state index in [0.717, 1.165) is 11.1 Å². The largest absolute Gasteiger partial charge is 0.497 e. The van der Waals surface area contributed by atoms with E-state index in [1.165, 1.54) is 18.4 Å². The first-order chi connectivity index (χ1) is 17.7. The van der Waals surface area contributed by atoms with Gasteiger partial charge in [0.1, 0.15) is 17.6 Å². The summed E-state index contributed by atoms with van der Waals surface area (Å²) in [4.78, 5) is 28.0. The Labute approximate surface area is 217 Å². The van der Waals surface area contributed by atoms with E-state index >= 15 is 0 Å². The molecular weight excluding hydrogens is 494 g/mol. The molecule has 0 aliphatic carbocycles. The number of amides is 2. The second kappa shape index (κ2) is 13.1. The lowest BCUT2D eigenvalue weighted by atomic mass is 10.1. The molecule has 198 valence electrons. The van der Waals surface area contributed by atoms with E-state index in [9.17, 15) is 18.0 Å². The van der Waals surface area contributed by atoms with Crippen molar-refractivity contribution in [1.82, 2.24) is 14.9 Å². The van der Waals surface area contributed by atoms with Crippen LogP contribution in [0.2, 0.25) is 0 Å². The highest BCUT2D eigenvalue weighted by Gasteiger charge is 2.26. The van der Waals surface area contributed by atoms with E-state index < -0.39 is 16.1 Å². The number of hydrogen-bond acceptors (Lipinski definition) is 6. The van der Waals surface area contributed by atoms with Crippen LogP contribution >= 0.6 is 0 Å². The number of nitrogens with one attached hydrogen (secondary N) is 2. The summed E-state index contributed by atoms with van der Waals surface area (Å²) < 4.78 is 37.2. The highest BCUT2D eigenvalue weighted by Crippen LogP contribution is 2.17. The van der Waals surface area contributed by atoms with Gasteiger partial charge in [0, 0.05) is 19.5 Å². The molecule has 2 aromatic carbocycles. The van der Waals surface area contributed by atoms with Gasteiger partial charge in [0.05, 0.1) is 24.8 Å². The van der Waals surface area contributed by atoms with Crippen molar-refractivity contribution >= 4 is 21.8 Å². The van der Waals surface area contributed by atoms with Crippen molar-refractivity contribution in [2.24, 2.45) is 0 Å². The molecule has 9 nitrogen and oxygen atoms in total. The Bertz CT molecular complexity index is 1260. The molecule has 0 aliphatic heterocycles. The van der Waals surface area contributed by atoms with E-state index in [2.05, 4.69) is 10.0 Å². The standard InChI is InChI=1S/C27H33N3O6S/c1-4-29-37(33,34)25-14-9-21(10-15-25)11-16-26(31)30(19-22-7-12-23(35-3)13-8-22)20(2)27(32)28-18-24-6-5-17-36-24/h5-10,12-15,17,20,29H,4,11,16,18-19H2,1-3H3,(H,28,32)/t20-/m1/s1. The molecule has 3 rings (SSSR count). The molecule has 0 radical (unpaired) electrons. The summed E-state index contributed by atoms with van der Waals surface area (Å²) in [6.07, 6.45) is 2.10. The van der Waals surface area contributed by atoms with Crippen LogP contribution in [0.1, 0.15) is 37.2 Å². The number of hydrogen-bond donors (Lipinski definition) is 2. The topological polar surface area (TPSA) is 118 Å². The van der Waals surface area contributed by atoms with Gasteiger partial charge in [-0.25, -0.2) is 13.1 Å². The number of carbonyl (C=O) groups excluding carboxylic acids is 2. The molecule has 1 aromatic heterocycles. The molecule has 1 heterocycles. The quantitative estimate of drug-likeness (QED) is 0.352. The van der Waals surface area contributed by atoms with Crippen LogP contribution in [0.4, 0.5) is 0 Å². The van der Waals surface area contributed by atoms with Gasteiger partial charge in [0.2, 0.25) is 21.8 Å². The molecule has 3 aromatic rings. The summed E-state index contributed by atoms with van der Waals surface area (Å²) in [5.41, 5.74) is 1.68. The number of benzene rings is 2. The van der Waals surface area contributed by atoms with Gasteiger partial charge in [-0.1, -0.05) is 31.2 Å². The number of aryl methyl sites for hydroxylation is 1. The summed E-state index contributed by atoms with van der Waals surface area (Å²) in [6.45, 7) is 4.18. The lowest BCUT2D eigenvalue weighted by Crippen LogP contribution is -2.47. The number of ether oxygens (including phenoxy) is 1. The van der Waals surface area contributed by atoms with Crippen LogP contribution in [0, 0.1) is 0 Å². The van der Waals surface area contributed by atoms with Crippen LogP contribution in [-0.2, 0) is 39.1 Å². The van der Waals surface area contributed by atoms with Gasteiger partial charge in [-0.3, -0.25) is 9.59 Å². The molecule has 0 bridgehead atoms. The van der Waals surface area contributed by atoms with Crippen LogP contribution < -0.4 is 14.8 Å². The Kier molecular flexibility index (Phi) is 9.87. The zero-order valence-electron chi connectivity index (χ0n) is 21.3. The molecular formula is C27H33N3O6S. The number of nitrogens with zero attached hydrogens (tertiary/aromatic N) is 1. The number of sulfonamides is 1. The maximum absolute atomic E-state index is 13.3. The molecule has 2 N–H and O–H groups in total. The van der Waals surface area contributed by atoms with Gasteiger partial charge in [0.15, 0.2) is 0 Å². The summed E-state index contributed by atoms with van der Waals surface area (Å²) in [6, 6.07) is 16.6. The maximum Gasteiger partial charge on any atom is 0.242 e. The minimum Gasteiger partial charge on any atom is -0.497 e. The monoisotopic (exact) mass is 527 g/mol. The summed E-state index contributed by atoms with van der Waals surface area (Å²) >= 11 is 0. The fourth-order valence-electron chi connectivity index (χ4n) is 3.75. The Balaban J connectivity index is 1.70. The number of rotatable bonds is 13. The van der Waals surface area contributed by atoms with Crippen LogP contribution in [-0.4, -0.2) is 44.8 Å². The normalized spacial score (nSPS) is 12.1. The first kappa shape index (κ1) is 27.9. The van der Waals surface area contributed by atoms with Crippen molar-refractivity contribution in [2.45, 2.75) is 50.7 Å².